The van der Waals surface area contributed by atoms with Crippen LogP contribution in [0.2, 0.25) is 0 Å². The zero-order chi connectivity index (χ0) is 16.1. The fourth-order valence-corrected chi connectivity index (χ4v) is 4.41. The Morgan fingerprint density at radius 2 is 1.86 bits per heavy atom. The molecule has 2 heterocycles. The van der Waals surface area contributed by atoms with Crippen LogP contribution in [-0.2, 0) is 25.0 Å². The van der Waals surface area contributed by atoms with Gasteiger partial charge in [0, 0.05) is 18.8 Å². The molecule has 1 N–H and O–H groups in total. The predicted octanol–water partition coefficient (Wildman–Crippen LogP) is 1.25. The molecule has 1 aromatic carbocycles. The van der Waals surface area contributed by atoms with Crippen LogP contribution in [0.3, 0.4) is 0 Å². The molecule has 120 valence electrons. The molecule has 2 aliphatic heterocycles. The Labute approximate surface area is 130 Å². The summed E-state index contributed by atoms with van der Waals surface area (Å²) in [5.74, 6) is -0.105. The van der Waals surface area contributed by atoms with Crippen LogP contribution in [0.25, 0.3) is 0 Å². The van der Waals surface area contributed by atoms with Gasteiger partial charge in [0.25, 0.3) is 0 Å². The first-order chi connectivity index (χ1) is 10.2. The highest BCUT2D eigenvalue weighted by Gasteiger charge is 2.40. The second kappa shape index (κ2) is 5.04. The molecule has 0 spiro atoms. The van der Waals surface area contributed by atoms with Gasteiger partial charge in [-0.05, 0) is 44.0 Å². The fourth-order valence-electron chi connectivity index (χ4n) is 2.89. The van der Waals surface area contributed by atoms with Gasteiger partial charge < -0.3 is 10.1 Å². The molecule has 0 bridgehead atoms. The Kier molecular flexibility index (Phi) is 3.54. The molecule has 22 heavy (non-hydrogen) atoms. The summed E-state index contributed by atoms with van der Waals surface area (Å²) in [6, 6.07) is 3.26. The minimum absolute atomic E-state index is 0.105. The van der Waals surface area contributed by atoms with Crippen LogP contribution in [0.15, 0.2) is 17.0 Å². The Morgan fingerprint density at radius 3 is 2.50 bits per heavy atom. The van der Waals surface area contributed by atoms with E-state index in [1.165, 1.54) is 4.31 Å². The number of rotatable bonds is 2. The van der Waals surface area contributed by atoms with Gasteiger partial charge in [-0.2, -0.15) is 4.31 Å². The molecule has 1 fully saturated rings. The van der Waals surface area contributed by atoms with Crippen LogP contribution in [0.4, 0.5) is 5.69 Å². The molecule has 6 nitrogen and oxygen atoms in total. The van der Waals surface area contributed by atoms with Crippen LogP contribution >= 0.6 is 0 Å². The molecule has 1 saturated heterocycles. The van der Waals surface area contributed by atoms with Crippen LogP contribution in [-0.4, -0.2) is 44.9 Å². The number of sulfonamides is 1. The zero-order valence-electron chi connectivity index (χ0n) is 13.0. The van der Waals surface area contributed by atoms with Gasteiger partial charge in [-0.15, -0.1) is 0 Å². The first kappa shape index (κ1) is 15.5. The summed E-state index contributed by atoms with van der Waals surface area (Å²) in [5.41, 5.74) is 1.51. The number of fused-ring (bicyclic) bond motifs is 1. The van der Waals surface area contributed by atoms with Crippen molar-refractivity contribution >= 4 is 21.6 Å². The maximum atomic E-state index is 12.8. The van der Waals surface area contributed by atoms with Crippen molar-refractivity contribution in [1.29, 1.82) is 0 Å². The molecule has 7 heteroatoms. The van der Waals surface area contributed by atoms with E-state index in [0.717, 1.165) is 16.8 Å². The zero-order valence-corrected chi connectivity index (χ0v) is 13.8. The lowest BCUT2D eigenvalue weighted by atomic mass is 9.85. The molecular formula is C15H20N2O4S. The molecule has 0 radical (unpaired) electrons. The minimum atomic E-state index is -3.56. The van der Waals surface area contributed by atoms with E-state index >= 15 is 0 Å². The predicted molar refractivity (Wildman–Crippen MR) is 82.4 cm³/mol. The SMILES string of the molecule is Cc1cc(S(=O)(=O)N2CCOCC2)cc2c1NC(=O)C2(C)C. The monoisotopic (exact) mass is 324 g/mol. The third kappa shape index (κ3) is 2.24. The van der Waals surface area contributed by atoms with E-state index < -0.39 is 15.4 Å². The first-order valence-corrected chi connectivity index (χ1v) is 8.73. The first-order valence-electron chi connectivity index (χ1n) is 7.29. The third-order valence-corrected chi connectivity index (χ3v) is 6.27. The molecule has 2 aliphatic rings. The Bertz CT molecular complexity index is 734. The van der Waals surface area contributed by atoms with Gasteiger partial charge >= 0.3 is 0 Å². The van der Waals surface area contributed by atoms with Gasteiger partial charge in [0.05, 0.1) is 23.5 Å². The summed E-state index contributed by atoms with van der Waals surface area (Å²) >= 11 is 0. The topological polar surface area (TPSA) is 75.7 Å². The van der Waals surface area contributed by atoms with Crippen LogP contribution < -0.4 is 5.32 Å². The number of morpholine rings is 1. The highest BCUT2D eigenvalue weighted by molar-refractivity contribution is 7.89. The largest absolute Gasteiger partial charge is 0.379 e. The number of hydrogen-bond acceptors (Lipinski definition) is 4. The third-order valence-electron chi connectivity index (χ3n) is 4.40. The van der Waals surface area contributed by atoms with Gasteiger partial charge in [0.15, 0.2) is 0 Å². The quantitative estimate of drug-likeness (QED) is 0.888. The second-order valence-corrected chi connectivity index (χ2v) is 8.20. The Morgan fingerprint density at radius 1 is 1.23 bits per heavy atom. The summed E-state index contributed by atoms with van der Waals surface area (Å²) in [6.07, 6.45) is 0. The number of carbonyl (C=O) groups is 1. The van der Waals surface area contributed by atoms with Crippen LogP contribution in [0.5, 0.6) is 0 Å². The average Bonchev–Trinajstić information content (AvgIpc) is 2.71. The van der Waals surface area contributed by atoms with E-state index in [0.29, 0.717) is 26.3 Å². The van der Waals surface area contributed by atoms with Gasteiger partial charge in [0.2, 0.25) is 15.9 Å². The van der Waals surface area contributed by atoms with Crippen molar-refractivity contribution in [3.05, 3.63) is 23.3 Å². The highest BCUT2D eigenvalue weighted by Crippen LogP contribution is 2.41. The van der Waals surface area contributed by atoms with Gasteiger partial charge in [-0.25, -0.2) is 8.42 Å². The summed E-state index contributed by atoms with van der Waals surface area (Å²) < 4.78 is 32.2. The number of anilines is 1. The Hall–Kier alpha value is -1.44. The smallest absolute Gasteiger partial charge is 0.243 e. The van der Waals surface area contributed by atoms with Crippen LogP contribution in [0, 0.1) is 6.92 Å². The normalized spacial score (nSPS) is 21.5. The number of nitrogens with one attached hydrogen (secondary N) is 1. The molecule has 0 saturated carbocycles. The van der Waals surface area contributed by atoms with E-state index in [1.807, 2.05) is 6.92 Å². The summed E-state index contributed by atoms with van der Waals surface area (Å²) in [7, 11) is -3.56. The molecule has 0 unspecified atom stereocenters. The van der Waals surface area contributed by atoms with Crippen LogP contribution in [0.1, 0.15) is 25.0 Å². The van der Waals surface area contributed by atoms with E-state index in [2.05, 4.69) is 5.32 Å². The van der Waals surface area contributed by atoms with Crippen molar-refractivity contribution in [2.45, 2.75) is 31.1 Å². The molecule has 1 amide bonds. The number of ether oxygens (including phenoxy) is 1. The summed E-state index contributed by atoms with van der Waals surface area (Å²) in [6.45, 7) is 6.97. The molecule has 3 rings (SSSR count). The number of amides is 1. The lowest BCUT2D eigenvalue weighted by Gasteiger charge is -2.27. The van der Waals surface area contributed by atoms with Crippen molar-refractivity contribution in [2.75, 3.05) is 31.6 Å². The van der Waals surface area contributed by atoms with Crippen molar-refractivity contribution in [2.24, 2.45) is 0 Å². The average molecular weight is 324 g/mol. The Balaban J connectivity index is 2.09. The lowest BCUT2D eigenvalue weighted by molar-refractivity contribution is -0.119. The van der Waals surface area contributed by atoms with E-state index in [1.54, 1.807) is 26.0 Å². The van der Waals surface area contributed by atoms with Gasteiger partial charge in [-0.1, -0.05) is 0 Å². The van der Waals surface area contributed by atoms with Gasteiger partial charge in [-0.3, -0.25) is 4.79 Å². The second-order valence-electron chi connectivity index (χ2n) is 6.26. The van der Waals surface area contributed by atoms with Crippen molar-refractivity contribution < 1.29 is 17.9 Å². The number of nitrogens with zero attached hydrogens (tertiary/aromatic N) is 1. The van der Waals surface area contributed by atoms with E-state index in [-0.39, 0.29) is 10.8 Å². The van der Waals surface area contributed by atoms with Crippen molar-refractivity contribution in [1.82, 2.24) is 4.31 Å². The lowest BCUT2D eigenvalue weighted by Crippen LogP contribution is -2.40. The van der Waals surface area contributed by atoms with Gasteiger partial charge in [0.1, 0.15) is 0 Å². The maximum Gasteiger partial charge on any atom is 0.243 e. The van der Waals surface area contributed by atoms with Crippen molar-refractivity contribution in [3.8, 4) is 0 Å². The molecular weight excluding hydrogens is 304 g/mol. The van der Waals surface area contributed by atoms with E-state index in [9.17, 15) is 13.2 Å². The van der Waals surface area contributed by atoms with E-state index in [4.69, 9.17) is 4.74 Å². The number of aryl methyl sites for hydroxylation is 1. The number of carbonyl (C=O) groups excluding carboxylic acids is 1. The molecule has 0 atom stereocenters. The maximum absolute atomic E-state index is 12.8. The molecule has 1 aromatic rings. The standard InChI is InChI=1S/C15H20N2O4S/c1-10-8-11(22(19,20)17-4-6-21-7-5-17)9-12-13(10)16-14(18)15(12,2)3/h8-9H,4-7H2,1-3H3,(H,16,18). The fraction of sp³-hybridized carbons (Fsp3) is 0.533. The summed E-state index contributed by atoms with van der Waals surface area (Å²) in [4.78, 5) is 12.3. The molecule has 0 aliphatic carbocycles. The molecule has 0 aromatic heterocycles. The minimum Gasteiger partial charge on any atom is -0.379 e. The number of hydrogen-bond donors (Lipinski definition) is 1. The summed E-state index contributed by atoms with van der Waals surface area (Å²) in [5, 5.41) is 2.85. The number of benzene rings is 1. The van der Waals surface area contributed by atoms with Crippen molar-refractivity contribution in [3.63, 3.8) is 0 Å². The highest BCUT2D eigenvalue weighted by atomic mass is 32.2.